The zero-order chi connectivity index (χ0) is 33.6. The molecule has 1 heterocycles. The fourth-order valence-electron chi connectivity index (χ4n) is 8.70. The van der Waals surface area contributed by atoms with Gasteiger partial charge in [0.15, 0.2) is 7.14 Å². The van der Waals surface area contributed by atoms with Gasteiger partial charge in [0, 0.05) is 43.4 Å². The minimum Gasteiger partial charge on any atom is -0.309 e. The van der Waals surface area contributed by atoms with Gasteiger partial charge >= 0.3 is 0 Å². The molecule has 1 aromatic heterocycles. The smallest absolute Gasteiger partial charge is 0.171 e. The van der Waals surface area contributed by atoms with Crippen LogP contribution in [0.2, 0.25) is 0 Å². The Morgan fingerprint density at radius 1 is 0.500 bits per heavy atom. The molecule has 0 aliphatic heterocycles. The van der Waals surface area contributed by atoms with Crippen molar-refractivity contribution in [1.82, 2.24) is 4.57 Å². The average molecular weight is 660 g/mol. The minimum absolute atomic E-state index is 0.141. The summed E-state index contributed by atoms with van der Waals surface area (Å²) in [5.41, 5.74) is 8.55. The Hall–Kier alpha value is -5.69. The predicted molar refractivity (Wildman–Crippen MR) is 213 cm³/mol. The van der Waals surface area contributed by atoms with Gasteiger partial charge in [-0.1, -0.05) is 147 Å². The van der Waals surface area contributed by atoms with E-state index in [1.165, 1.54) is 60.1 Å². The molecule has 0 bridgehead atoms. The van der Waals surface area contributed by atoms with Crippen molar-refractivity contribution >= 4 is 66.4 Å². The first-order valence-corrected chi connectivity index (χ1v) is 19.0. The second kappa shape index (κ2) is 10.7. The van der Waals surface area contributed by atoms with Crippen LogP contribution in [0.25, 0.3) is 60.2 Å². The first kappa shape index (κ1) is 29.2. The topological polar surface area (TPSA) is 22.0 Å². The van der Waals surface area contributed by atoms with Gasteiger partial charge in [-0.3, -0.25) is 0 Å². The SMILES string of the molecule is CC1(C)c2ccccc2-c2c3c1cccc3cc1c3c4ccccc4ccc3n(-c3ccc(P(=O)(c4ccccc4)c4ccccc4)cc3)c21. The summed E-state index contributed by atoms with van der Waals surface area (Å²) in [6.07, 6.45) is 0. The van der Waals surface area contributed by atoms with Gasteiger partial charge in [0.05, 0.1) is 11.0 Å². The lowest BCUT2D eigenvalue weighted by Gasteiger charge is -2.35. The van der Waals surface area contributed by atoms with Crippen molar-refractivity contribution in [1.29, 1.82) is 0 Å². The maximum absolute atomic E-state index is 15.3. The quantitative estimate of drug-likeness (QED) is 0.172. The van der Waals surface area contributed by atoms with E-state index < -0.39 is 7.14 Å². The van der Waals surface area contributed by atoms with Crippen LogP contribution in [0, 0.1) is 0 Å². The van der Waals surface area contributed by atoms with E-state index in [0.29, 0.717) is 0 Å². The fraction of sp³-hybridized carbons (Fsp3) is 0.0638. The summed E-state index contributed by atoms with van der Waals surface area (Å²) in [6, 6.07) is 59.8. The number of hydrogen-bond donors (Lipinski definition) is 0. The molecule has 1 aliphatic carbocycles. The van der Waals surface area contributed by atoms with Gasteiger partial charge in [-0.05, 0) is 74.6 Å². The van der Waals surface area contributed by atoms with Crippen LogP contribution in [0.1, 0.15) is 25.0 Å². The van der Waals surface area contributed by atoms with E-state index in [2.05, 4.69) is 128 Å². The molecule has 10 rings (SSSR count). The van der Waals surface area contributed by atoms with Crippen LogP contribution in [0.4, 0.5) is 0 Å². The number of aromatic nitrogens is 1. The molecule has 0 saturated carbocycles. The van der Waals surface area contributed by atoms with Gasteiger partial charge < -0.3 is 9.13 Å². The van der Waals surface area contributed by atoms with Gasteiger partial charge in [0.1, 0.15) is 0 Å². The minimum atomic E-state index is -3.11. The molecule has 238 valence electrons. The van der Waals surface area contributed by atoms with E-state index in [1.54, 1.807) is 0 Å². The first-order valence-electron chi connectivity index (χ1n) is 17.3. The Balaban J connectivity index is 1.33. The van der Waals surface area contributed by atoms with Crippen molar-refractivity contribution in [2.45, 2.75) is 19.3 Å². The normalized spacial score (nSPS) is 13.6. The number of benzene rings is 8. The third kappa shape index (κ3) is 3.94. The summed E-state index contributed by atoms with van der Waals surface area (Å²) in [7, 11) is -3.11. The van der Waals surface area contributed by atoms with Gasteiger partial charge in [-0.2, -0.15) is 0 Å². The second-order valence-electron chi connectivity index (χ2n) is 14.0. The van der Waals surface area contributed by atoms with Crippen LogP contribution in [-0.2, 0) is 9.98 Å². The van der Waals surface area contributed by atoms with E-state index in [-0.39, 0.29) is 5.41 Å². The average Bonchev–Trinajstić information content (AvgIpc) is 3.51. The van der Waals surface area contributed by atoms with Crippen LogP contribution in [0.5, 0.6) is 0 Å². The molecule has 2 nitrogen and oxygen atoms in total. The molecule has 0 N–H and O–H groups in total. The highest BCUT2D eigenvalue weighted by atomic mass is 31.2. The highest BCUT2D eigenvalue weighted by Gasteiger charge is 2.36. The summed E-state index contributed by atoms with van der Waals surface area (Å²) < 4.78 is 17.7. The molecule has 0 saturated heterocycles. The molecule has 0 atom stereocenters. The maximum Gasteiger partial charge on any atom is 0.171 e. The van der Waals surface area contributed by atoms with E-state index in [0.717, 1.165) is 27.1 Å². The molecular weight excluding hydrogens is 625 g/mol. The first-order chi connectivity index (χ1) is 24.5. The lowest BCUT2D eigenvalue weighted by Crippen LogP contribution is -2.25. The summed E-state index contributed by atoms with van der Waals surface area (Å²) >= 11 is 0. The van der Waals surface area contributed by atoms with Crippen LogP contribution in [-0.4, -0.2) is 4.57 Å². The second-order valence-corrected chi connectivity index (χ2v) is 16.8. The summed E-state index contributed by atoms with van der Waals surface area (Å²) in [6.45, 7) is 4.71. The zero-order valence-corrected chi connectivity index (χ0v) is 28.9. The lowest BCUT2D eigenvalue weighted by atomic mass is 9.68. The highest BCUT2D eigenvalue weighted by Crippen LogP contribution is 2.53. The largest absolute Gasteiger partial charge is 0.309 e. The molecular formula is C47H34NOP. The van der Waals surface area contributed by atoms with Crippen molar-refractivity contribution in [3.8, 4) is 16.8 Å². The molecule has 0 radical (unpaired) electrons. The zero-order valence-electron chi connectivity index (χ0n) is 28.0. The summed E-state index contributed by atoms with van der Waals surface area (Å²) in [4.78, 5) is 0. The molecule has 50 heavy (non-hydrogen) atoms. The number of nitrogens with zero attached hydrogens (tertiary/aromatic N) is 1. The van der Waals surface area contributed by atoms with E-state index in [4.69, 9.17) is 0 Å². The Morgan fingerprint density at radius 2 is 1.10 bits per heavy atom. The van der Waals surface area contributed by atoms with Crippen molar-refractivity contribution < 1.29 is 4.57 Å². The number of fused-ring (bicyclic) bond motifs is 8. The molecule has 0 unspecified atom stereocenters. The molecule has 9 aromatic rings. The fourth-order valence-corrected chi connectivity index (χ4v) is 11.3. The molecule has 0 spiro atoms. The summed E-state index contributed by atoms with van der Waals surface area (Å²) in [5.74, 6) is 0. The highest BCUT2D eigenvalue weighted by molar-refractivity contribution is 7.85. The monoisotopic (exact) mass is 659 g/mol. The Bertz CT molecular complexity index is 2800. The van der Waals surface area contributed by atoms with Crippen LogP contribution in [0.3, 0.4) is 0 Å². The molecule has 8 aromatic carbocycles. The van der Waals surface area contributed by atoms with Crippen LogP contribution in [0.15, 0.2) is 170 Å². The number of hydrogen-bond acceptors (Lipinski definition) is 1. The van der Waals surface area contributed by atoms with Crippen molar-refractivity contribution in [3.63, 3.8) is 0 Å². The Kier molecular flexibility index (Phi) is 6.23. The molecule has 3 heteroatoms. The van der Waals surface area contributed by atoms with Gasteiger partial charge in [0.2, 0.25) is 0 Å². The predicted octanol–water partition coefficient (Wildman–Crippen LogP) is 11.0. The van der Waals surface area contributed by atoms with Crippen molar-refractivity contribution in [2.75, 3.05) is 0 Å². The Labute approximate surface area is 291 Å². The van der Waals surface area contributed by atoms with Crippen molar-refractivity contribution in [3.05, 3.63) is 181 Å². The van der Waals surface area contributed by atoms with Crippen LogP contribution < -0.4 is 15.9 Å². The third-order valence-corrected chi connectivity index (χ3v) is 14.1. The Morgan fingerprint density at radius 3 is 1.84 bits per heavy atom. The maximum atomic E-state index is 15.3. The van der Waals surface area contributed by atoms with E-state index in [9.17, 15) is 0 Å². The summed E-state index contributed by atoms with van der Waals surface area (Å²) in [5, 5.41) is 10.1. The van der Waals surface area contributed by atoms with Gasteiger partial charge in [-0.25, -0.2) is 0 Å². The molecule has 0 amide bonds. The molecule has 0 fully saturated rings. The lowest BCUT2D eigenvalue weighted by molar-refractivity contribution is 0.592. The van der Waals surface area contributed by atoms with Crippen LogP contribution >= 0.6 is 7.14 Å². The van der Waals surface area contributed by atoms with Gasteiger partial charge in [0.25, 0.3) is 0 Å². The molecule has 1 aliphatic rings. The van der Waals surface area contributed by atoms with Gasteiger partial charge in [-0.15, -0.1) is 0 Å². The number of rotatable bonds is 4. The van der Waals surface area contributed by atoms with Crippen molar-refractivity contribution in [2.24, 2.45) is 0 Å². The van der Waals surface area contributed by atoms with E-state index in [1.807, 2.05) is 60.7 Å². The third-order valence-electron chi connectivity index (χ3n) is 11.0. The van der Waals surface area contributed by atoms with E-state index >= 15 is 4.57 Å². The standard InChI is InChI=1S/C47H34NOP/c1-47(2)40-22-12-11-21-38(40)45-43-32(15-13-23-41(43)47)30-39-44-37-20-10-9-14-31(37)24-29-42(44)48(46(39)45)33-25-27-36(28-26-33)50(49,34-16-5-3-6-17-34)35-18-7-4-8-19-35/h3-30H,1-2H3.